The molecule has 1 saturated carbocycles. The zero-order chi connectivity index (χ0) is 11.6. The number of hydrogen-bond acceptors (Lipinski definition) is 2. The van der Waals surface area contributed by atoms with Crippen LogP contribution in [0.2, 0.25) is 0 Å². The standard InChI is InChI=1S/C13H20N2O/c1-2-13(7-3-4-8-13)12(16)15-9-5-6-11(15)10-14/h11H,2-9H2,1H3. The van der Waals surface area contributed by atoms with Gasteiger partial charge in [-0.05, 0) is 32.1 Å². The van der Waals surface area contributed by atoms with Gasteiger partial charge < -0.3 is 4.90 Å². The van der Waals surface area contributed by atoms with Crippen molar-refractivity contribution in [2.75, 3.05) is 6.54 Å². The first-order valence-electron chi connectivity index (χ1n) is 6.44. The fourth-order valence-corrected chi connectivity index (χ4v) is 3.22. The molecule has 1 atom stereocenters. The minimum atomic E-state index is -0.156. The maximum absolute atomic E-state index is 12.5. The van der Waals surface area contributed by atoms with Crippen LogP contribution in [0.4, 0.5) is 0 Å². The Bertz CT molecular complexity index is 312. The minimum absolute atomic E-state index is 0.126. The summed E-state index contributed by atoms with van der Waals surface area (Å²) < 4.78 is 0. The molecular formula is C13H20N2O. The second kappa shape index (κ2) is 4.45. The maximum atomic E-state index is 12.5. The van der Waals surface area contributed by atoms with Crippen LogP contribution in [0.15, 0.2) is 0 Å². The van der Waals surface area contributed by atoms with E-state index in [-0.39, 0.29) is 17.4 Å². The number of nitriles is 1. The van der Waals surface area contributed by atoms with Crippen LogP contribution in [0.25, 0.3) is 0 Å². The van der Waals surface area contributed by atoms with Crippen molar-refractivity contribution in [2.45, 2.75) is 57.9 Å². The van der Waals surface area contributed by atoms with Gasteiger partial charge in [0.15, 0.2) is 0 Å². The summed E-state index contributed by atoms with van der Waals surface area (Å²) in [5.41, 5.74) is -0.126. The number of hydrogen-bond donors (Lipinski definition) is 0. The molecule has 1 aliphatic carbocycles. The van der Waals surface area contributed by atoms with Gasteiger partial charge in [-0.1, -0.05) is 19.8 Å². The van der Waals surface area contributed by atoms with Crippen molar-refractivity contribution in [3.63, 3.8) is 0 Å². The third-order valence-corrected chi connectivity index (χ3v) is 4.35. The van der Waals surface area contributed by atoms with Crippen LogP contribution < -0.4 is 0 Å². The quantitative estimate of drug-likeness (QED) is 0.717. The molecule has 1 amide bonds. The molecule has 2 fully saturated rings. The van der Waals surface area contributed by atoms with Crippen molar-refractivity contribution < 1.29 is 4.79 Å². The highest BCUT2D eigenvalue weighted by Gasteiger charge is 2.44. The molecule has 1 aliphatic heterocycles. The third-order valence-electron chi connectivity index (χ3n) is 4.35. The fourth-order valence-electron chi connectivity index (χ4n) is 3.22. The summed E-state index contributed by atoms with van der Waals surface area (Å²) in [6.07, 6.45) is 7.18. The molecule has 2 aliphatic rings. The summed E-state index contributed by atoms with van der Waals surface area (Å²) in [6.45, 7) is 2.90. The molecule has 1 saturated heterocycles. The van der Waals surface area contributed by atoms with Crippen LogP contribution in [0.1, 0.15) is 51.9 Å². The molecule has 1 unspecified atom stereocenters. The summed E-state index contributed by atoms with van der Waals surface area (Å²) in [5, 5.41) is 9.04. The number of carbonyl (C=O) groups is 1. The second-order valence-corrected chi connectivity index (χ2v) is 5.13. The Balaban J connectivity index is 2.14. The average Bonchev–Trinajstić information content (AvgIpc) is 2.97. The monoisotopic (exact) mass is 220 g/mol. The Morgan fingerprint density at radius 3 is 2.69 bits per heavy atom. The predicted molar refractivity (Wildman–Crippen MR) is 61.5 cm³/mol. The Morgan fingerprint density at radius 1 is 1.44 bits per heavy atom. The SMILES string of the molecule is CCC1(C(=O)N2CCCC2C#N)CCCC1. The molecule has 0 aromatic rings. The molecule has 0 spiro atoms. The van der Waals surface area contributed by atoms with Gasteiger partial charge in [0.2, 0.25) is 5.91 Å². The van der Waals surface area contributed by atoms with Crippen LogP contribution in [0, 0.1) is 16.7 Å². The van der Waals surface area contributed by atoms with Gasteiger partial charge >= 0.3 is 0 Å². The Kier molecular flexibility index (Phi) is 3.18. The van der Waals surface area contributed by atoms with Gasteiger partial charge in [-0.2, -0.15) is 5.26 Å². The van der Waals surface area contributed by atoms with E-state index < -0.39 is 0 Å². The van der Waals surface area contributed by atoms with E-state index in [4.69, 9.17) is 5.26 Å². The zero-order valence-electron chi connectivity index (χ0n) is 10.0. The van der Waals surface area contributed by atoms with E-state index in [1.165, 1.54) is 12.8 Å². The van der Waals surface area contributed by atoms with E-state index in [9.17, 15) is 4.79 Å². The first-order valence-corrected chi connectivity index (χ1v) is 6.44. The number of likely N-dealkylation sites (tertiary alicyclic amines) is 1. The molecule has 0 aromatic carbocycles. The van der Waals surface area contributed by atoms with Gasteiger partial charge in [-0.25, -0.2) is 0 Å². The van der Waals surface area contributed by atoms with Gasteiger partial charge in [0.25, 0.3) is 0 Å². The van der Waals surface area contributed by atoms with Crippen molar-refractivity contribution in [3.8, 4) is 6.07 Å². The van der Waals surface area contributed by atoms with E-state index in [1.54, 1.807) is 0 Å². The second-order valence-electron chi connectivity index (χ2n) is 5.13. The largest absolute Gasteiger partial charge is 0.326 e. The highest BCUT2D eigenvalue weighted by atomic mass is 16.2. The van der Waals surface area contributed by atoms with Gasteiger partial charge in [0.05, 0.1) is 6.07 Å². The number of carbonyl (C=O) groups excluding carboxylic acids is 1. The average molecular weight is 220 g/mol. The number of rotatable bonds is 2. The highest BCUT2D eigenvalue weighted by Crippen LogP contribution is 2.43. The van der Waals surface area contributed by atoms with Crippen molar-refractivity contribution in [1.29, 1.82) is 5.26 Å². The lowest BCUT2D eigenvalue weighted by molar-refractivity contribution is -0.142. The lowest BCUT2D eigenvalue weighted by Crippen LogP contribution is -2.44. The normalized spacial score (nSPS) is 28.0. The van der Waals surface area contributed by atoms with Crippen molar-refractivity contribution >= 4 is 5.91 Å². The van der Waals surface area contributed by atoms with Crippen molar-refractivity contribution in [2.24, 2.45) is 5.41 Å². The first-order chi connectivity index (χ1) is 7.73. The molecule has 16 heavy (non-hydrogen) atoms. The summed E-state index contributed by atoms with van der Waals surface area (Å²) in [4.78, 5) is 14.4. The molecule has 3 nitrogen and oxygen atoms in total. The van der Waals surface area contributed by atoms with Crippen molar-refractivity contribution in [1.82, 2.24) is 4.90 Å². The summed E-state index contributed by atoms with van der Waals surface area (Å²) >= 11 is 0. The van der Waals surface area contributed by atoms with Gasteiger partial charge in [0.1, 0.15) is 6.04 Å². The van der Waals surface area contributed by atoms with Crippen LogP contribution >= 0.6 is 0 Å². The smallest absolute Gasteiger partial charge is 0.229 e. The van der Waals surface area contributed by atoms with Crippen LogP contribution in [0.3, 0.4) is 0 Å². The summed E-state index contributed by atoms with van der Waals surface area (Å²) in [7, 11) is 0. The number of nitrogens with zero attached hydrogens (tertiary/aromatic N) is 2. The minimum Gasteiger partial charge on any atom is -0.326 e. The first kappa shape index (κ1) is 11.4. The molecule has 1 heterocycles. The lowest BCUT2D eigenvalue weighted by Gasteiger charge is -2.32. The Labute approximate surface area is 97.4 Å². The third kappa shape index (κ3) is 1.71. The molecule has 0 bridgehead atoms. The molecule has 88 valence electrons. The van der Waals surface area contributed by atoms with Crippen LogP contribution in [-0.4, -0.2) is 23.4 Å². The molecule has 0 radical (unpaired) electrons. The van der Waals surface area contributed by atoms with E-state index >= 15 is 0 Å². The van der Waals surface area contributed by atoms with E-state index in [0.29, 0.717) is 0 Å². The van der Waals surface area contributed by atoms with E-state index in [1.807, 2.05) is 4.90 Å². The van der Waals surface area contributed by atoms with Crippen LogP contribution in [-0.2, 0) is 4.79 Å². The van der Waals surface area contributed by atoms with Gasteiger partial charge in [0, 0.05) is 12.0 Å². The predicted octanol–water partition coefficient (Wildman–Crippen LogP) is 2.47. The number of amides is 1. The summed E-state index contributed by atoms with van der Waals surface area (Å²) in [6, 6.07) is 2.11. The highest BCUT2D eigenvalue weighted by molar-refractivity contribution is 5.83. The zero-order valence-corrected chi connectivity index (χ0v) is 10.0. The lowest BCUT2D eigenvalue weighted by atomic mass is 9.81. The Morgan fingerprint density at radius 2 is 2.12 bits per heavy atom. The van der Waals surface area contributed by atoms with Crippen molar-refractivity contribution in [3.05, 3.63) is 0 Å². The van der Waals surface area contributed by atoms with Gasteiger partial charge in [-0.3, -0.25) is 4.79 Å². The van der Waals surface area contributed by atoms with E-state index in [2.05, 4.69) is 13.0 Å². The summed E-state index contributed by atoms with van der Waals surface area (Å²) in [5.74, 6) is 0.261. The molecular weight excluding hydrogens is 200 g/mol. The maximum Gasteiger partial charge on any atom is 0.229 e. The van der Waals surface area contributed by atoms with Crippen LogP contribution in [0.5, 0.6) is 0 Å². The Hall–Kier alpha value is -1.04. The molecule has 3 heteroatoms. The molecule has 2 rings (SSSR count). The molecule has 0 aromatic heterocycles. The van der Waals surface area contributed by atoms with Gasteiger partial charge in [-0.15, -0.1) is 0 Å². The fraction of sp³-hybridized carbons (Fsp3) is 0.846. The van der Waals surface area contributed by atoms with E-state index in [0.717, 1.165) is 38.6 Å². The molecule has 0 N–H and O–H groups in total. The topological polar surface area (TPSA) is 44.1 Å².